The number of ether oxygens (including phenoxy) is 4. The third-order valence-electron chi connectivity index (χ3n) is 7.35. The maximum Gasteiger partial charge on any atom is 0.310 e. The third kappa shape index (κ3) is 6.78. The standard InChI is InChI=1S/C16H23NO3.C10H19NO3/c1-17-11-14(15(18)20-3)10-16(17,12-19-2)9-13-7-5-4-6-8-13;1-10(7-13-3)5-8(6-11(10)2)9(12)14-4/h4-8,14H,9-12H2,1-3H3;8H,5-7H2,1-4H3/t14?,16-;8?,10-/m00/s1. The molecule has 34 heavy (non-hydrogen) atoms. The van der Waals surface area contributed by atoms with Gasteiger partial charge in [-0.2, -0.15) is 0 Å². The average Bonchev–Trinajstić information content (AvgIpc) is 3.30. The van der Waals surface area contributed by atoms with Crippen LogP contribution in [-0.4, -0.2) is 102 Å². The molecule has 1 aromatic rings. The van der Waals surface area contributed by atoms with Crippen LogP contribution in [0.3, 0.4) is 0 Å². The highest BCUT2D eigenvalue weighted by Crippen LogP contribution is 2.36. The molecule has 2 unspecified atom stereocenters. The van der Waals surface area contributed by atoms with Crippen molar-refractivity contribution in [3.8, 4) is 0 Å². The summed E-state index contributed by atoms with van der Waals surface area (Å²) in [7, 11) is 10.4. The van der Waals surface area contributed by atoms with Crippen LogP contribution in [0.2, 0.25) is 0 Å². The molecule has 0 spiro atoms. The quantitative estimate of drug-likeness (QED) is 0.527. The molecule has 0 aliphatic carbocycles. The summed E-state index contributed by atoms with van der Waals surface area (Å²) in [5.74, 6) is -0.311. The van der Waals surface area contributed by atoms with Gasteiger partial charge in [-0.05, 0) is 45.8 Å². The SMILES string of the molecule is COC[C@]1(C)CC(C(=O)OC)CN1C.COC[C@]1(Cc2ccccc2)CC(C(=O)OC)CN1C. The Morgan fingerprint density at radius 3 is 1.91 bits per heavy atom. The fraction of sp³-hybridized carbons (Fsp3) is 0.692. The van der Waals surface area contributed by atoms with Gasteiger partial charge in [-0.1, -0.05) is 30.3 Å². The molecule has 8 heteroatoms. The number of benzene rings is 1. The van der Waals surface area contributed by atoms with Crippen LogP contribution in [-0.2, 0) is 35.0 Å². The molecule has 2 saturated heterocycles. The summed E-state index contributed by atoms with van der Waals surface area (Å²) in [5.41, 5.74) is 1.10. The summed E-state index contributed by atoms with van der Waals surface area (Å²) in [5, 5.41) is 0. The molecule has 3 rings (SSSR count). The van der Waals surface area contributed by atoms with E-state index in [1.165, 1.54) is 19.8 Å². The molecule has 0 aromatic heterocycles. The van der Waals surface area contributed by atoms with Crippen molar-refractivity contribution in [1.82, 2.24) is 9.80 Å². The van der Waals surface area contributed by atoms with Gasteiger partial charge < -0.3 is 18.9 Å². The van der Waals surface area contributed by atoms with Crippen molar-refractivity contribution in [2.45, 2.75) is 37.3 Å². The minimum Gasteiger partial charge on any atom is -0.469 e. The van der Waals surface area contributed by atoms with Gasteiger partial charge in [-0.15, -0.1) is 0 Å². The lowest BCUT2D eigenvalue weighted by atomic mass is 9.86. The van der Waals surface area contributed by atoms with Crippen LogP contribution in [0.4, 0.5) is 0 Å². The molecule has 0 saturated carbocycles. The summed E-state index contributed by atoms with van der Waals surface area (Å²) >= 11 is 0. The average molecular weight is 479 g/mol. The summed E-state index contributed by atoms with van der Waals surface area (Å²) in [6, 6.07) is 10.3. The van der Waals surface area contributed by atoms with E-state index in [0.29, 0.717) is 13.2 Å². The Morgan fingerprint density at radius 2 is 1.38 bits per heavy atom. The topological polar surface area (TPSA) is 77.5 Å². The fourth-order valence-electron chi connectivity index (χ4n) is 5.31. The summed E-state index contributed by atoms with van der Waals surface area (Å²) in [4.78, 5) is 27.6. The Morgan fingerprint density at radius 1 is 0.853 bits per heavy atom. The van der Waals surface area contributed by atoms with Gasteiger partial charge in [0.05, 0.1) is 39.3 Å². The lowest BCUT2D eigenvalue weighted by molar-refractivity contribution is -0.145. The van der Waals surface area contributed by atoms with E-state index in [9.17, 15) is 9.59 Å². The van der Waals surface area contributed by atoms with Gasteiger partial charge in [0, 0.05) is 38.4 Å². The van der Waals surface area contributed by atoms with E-state index >= 15 is 0 Å². The first kappa shape index (κ1) is 28.2. The van der Waals surface area contributed by atoms with E-state index < -0.39 is 0 Å². The van der Waals surface area contributed by atoms with E-state index in [-0.39, 0.29) is 34.9 Å². The van der Waals surface area contributed by atoms with Gasteiger partial charge in [-0.3, -0.25) is 19.4 Å². The van der Waals surface area contributed by atoms with Crippen molar-refractivity contribution in [1.29, 1.82) is 0 Å². The predicted octanol–water partition coefficient (Wildman–Crippen LogP) is 2.26. The second-order valence-electron chi connectivity index (χ2n) is 9.86. The van der Waals surface area contributed by atoms with Gasteiger partial charge >= 0.3 is 11.9 Å². The van der Waals surface area contributed by atoms with Crippen LogP contribution < -0.4 is 0 Å². The minimum absolute atomic E-state index is 0.00912. The first-order valence-electron chi connectivity index (χ1n) is 11.7. The van der Waals surface area contributed by atoms with Crippen LogP contribution in [0.1, 0.15) is 25.3 Å². The number of nitrogens with zero attached hydrogens (tertiary/aromatic N) is 2. The van der Waals surface area contributed by atoms with Gasteiger partial charge in [0.1, 0.15) is 0 Å². The van der Waals surface area contributed by atoms with Crippen LogP contribution in [0, 0.1) is 11.8 Å². The van der Waals surface area contributed by atoms with Crippen molar-refractivity contribution in [2.24, 2.45) is 11.8 Å². The highest BCUT2D eigenvalue weighted by atomic mass is 16.5. The molecule has 2 aliphatic heterocycles. The van der Waals surface area contributed by atoms with Gasteiger partial charge in [0.2, 0.25) is 0 Å². The Balaban J connectivity index is 0.000000257. The van der Waals surface area contributed by atoms with Gasteiger partial charge in [-0.25, -0.2) is 0 Å². The number of hydrogen-bond donors (Lipinski definition) is 0. The molecular weight excluding hydrogens is 436 g/mol. The maximum atomic E-state index is 11.8. The van der Waals surface area contributed by atoms with Crippen molar-refractivity contribution < 1.29 is 28.5 Å². The Bertz CT molecular complexity index is 791. The number of likely N-dealkylation sites (tertiary alicyclic amines) is 2. The first-order chi connectivity index (χ1) is 16.1. The lowest BCUT2D eigenvalue weighted by Crippen LogP contribution is -2.47. The van der Waals surface area contributed by atoms with Crippen molar-refractivity contribution in [2.75, 3.05) is 68.8 Å². The first-order valence-corrected chi connectivity index (χ1v) is 11.7. The number of rotatable bonds is 8. The summed E-state index contributed by atoms with van der Waals surface area (Å²) in [6.45, 7) is 4.86. The molecule has 0 N–H and O–H groups in total. The third-order valence-corrected chi connectivity index (χ3v) is 7.35. The van der Waals surface area contributed by atoms with Crippen LogP contribution >= 0.6 is 0 Å². The summed E-state index contributed by atoms with van der Waals surface area (Å²) < 4.78 is 20.3. The highest BCUT2D eigenvalue weighted by molar-refractivity contribution is 5.73. The second kappa shape index (κ2) is 12.6. The van der Waals surface area contributed by atoms with E-state index in [0.717, 1.165) is 32.4 Å². The molecule has 0 bridgehead atoms. The zero-order valence-corrected chi connectivity index (χ0v) is 21.8. The van der Waals surface area contributed by atoms with Crippen LogP contribution in [0.25, 0.3) is 0 Å². The molecule has 2 heterocycles. The largest absolute Gasteiger partial charge is 0.469 e. The molecule has 192 valence electrons. The maximum absolute atomic E-state index is 11.8. The Kier molecular flexibility index (Phi) is 10.5. The highest BCUT2D eigenvalue weighted by Gasteiger charge is 2.46. The number of carbonyl (C=O) groups excluding carboxylic acids is 2. The van der Waals surface area contributed by atoms with E-state index in [1.807, 2.05) is 25.2 Å². The number of methoxy groups -OCH3 is 4. The zero-order chi connectivity index (χ0) is 25.4. The van der Waals surface area contributed by atoms with Crippen molar-refractivity contribution >= 4 is 11.9 Å². The monoisotopic (exact) mass is 478 g/mol. The second-order valence-corrected chi connectivity index (χ2v) is 9.86. The van der Waals surface area contributed by atoms with E-state index in [4.69, 9.17) is 18.9 Å². The molecule has 2 aliphatic rings. The fourth-order valence-corrected chi connectivity index (χ4v) is 5.31. The molecule has 1 aromatic carbocycles. The molecule has 4 atom stereocenters. The molecular formula is C26H42N2O6. The summed E-state index contributed by atoms with van der Waals surface area (Å²) in [6.07, 6.45) is 2.47. The molecule has 0 radical (unpaired) electrons. The van der Waals surface area contributed by atoms with Crippen molar-refractivity contribution in [3.05, 3.63) is 35.9 Å². The van der Waals surface area contributed by atoms with Crippen molar-refractivity contribution in [3.63, 3.8) is 0 Å². The predicted molar refractivity (Wildman–Crippen MR) is 131 cm³/mol. The number of likely N-dealkylation sites (N-methyl/N-ethyl adjacent to an activating group) is 2. The number of esters is 2. The molecule has 0 amide bonds. The smallest absolute Gasteiger partial charge is 0.310 e. The normalized spacial score (nSPS) is 29.4. The van der Waals surface area contributed by atoms with Gasteiger partial charge in [0.15, 0.2) is 0 Å². The van der Waals surface area contributed by atoms with Gasteiger partial charge in [0.25, 0.3) is 0 Å². The molecule has 2 fully saturated rings. The lowest BCUT2D eigenvalue weighted by Gasteiger charge is -2.35. The minimum atomic E-state index is -0.130. The molecule has 8 nitrogen and oxygen atoms in total. The van der Waals surface area contributed by atoms with Crippen LogP contribution in [0.15, 0.2) is 30.3 Å². The Labute approximate surface area is 204 Å². The van der Waals surface area contributed by atoms with E-state index in [1.54, 1.807) is 14.2 Å². The number of carbonyl (C=O) groups is 2. The zero-order valence-electron chi connectivity index (χ0n) is 21.8. The number of hydrogen-bond acceptors (Lipinski definition) is 8. The van der Waals surface area contributed by atoms with E-state index in [2.05, 4.69) is 35.9 Å². The van der Waals surface area contributed by atoms with Crippen LogP contribution in [0.5, 0.6) is 0 Å². The Hall–Kier alpha value is -2.00.